The molecule has 12 heavy (non-hydrogen) atoms. The molecule has 3 atom stereocenters. The van der Waals surface area contributed by atoms with Crippen LogP contribution in [0.4, 0.5) is 0 Å². The first kappa shape index (κ1) is 9.81. The first-order chi connectivity index (χ1) is 5.27. The number of hydrogen-bond acceptors (Lipinski definition) is 2. The highest BCUT2D eigenvalue weighted by atomic mass is 35.5. The molecule has 2 heterocycles. The zero-order valence-corrected chi connectivity index (χ0v) is 7.64. The summed E-state index contributed by atoms with van der Waals surface area (Å²) in [6.45, 7) is 0. The van der Waals surface area contributed by atoms with Gasteiger partial charge in [0.2, 0.25) is 0 Å². The van der Waals surface area contributed by atoms with Crippen LogP contribution in [0.5, 0.6) is 0 Å². The van der Waals surface area contributed by atoms with Crippen molar-refractivity contribution in [2.45, 2.75) is 37.8 Å². The fraction of sp³-hybridized carbons (Fsp3) is 0.875. The van der Waals surface area contributed by atoms with Crippen molar-refractivity contribution in [3.63, 3.8) is 0 Å². The first-order valence-corrected chi connectivity index (χ1v) is 4.26. The van der Waals surface area contributed by atoms with Crippen molar-refractivity contribution in [1.29, 1.82) is 0 Å². The Labute approximate surface area is 77.9 Å². The van der Waals surface area contributed by atoms with Crippen molar-refractivity contribution in [3.8, 4) is 0 Å². The predicted octanol–water partition coefficient (Wildman–Crippen LogP) is 1.02. The monoisotopic (exact) mass is 191 g/mol. The van der Waals surface area contributed by atoms with Crippen LogP contribution in [0, 0.1) is 5.92 Å². The van der Waals surface area contributed by atoms with Crippen molar-refractivity contribution in [2.24, 2.45) is 5.92 Å². The van der Waals surface area contributed by atoms with Crippen LogP contribution in [0.1, 0.15) is 25.7 Å². The topological polar surface area (TPSA) is 49.3 Å². The minimum atomic E-state index is -0.622. The summed E-state index contributed by atoms with van der Waals surface area (Å²) in [5.74, 6) is -0.739. The lowest BCUT2D eigenvalue weighted by Crippen LogP contribution is -2.43. The molecule has 2 N–H and O–H groups in total. The Bertz CT molecular complexity index is 186. The lowest BCUT2D eigenvalue weighted by atomic mass is 9.92. The first-order valence-electron chi connectivity index (χ1n) is 4.26. The maximum Gasteiger partial charge on any atom is 0.308 e. The zero-order valence-electron chi connectivity index (χ0n) is 6.82. The Morgan fingerprint density at radius 1 is 1.25 bits per heavy atom. The Hall–Kier alpha value is -0.280. The molecule has 70 valence electrons. The smallest absolute Gasteiger partial charge is 0.308 e. The fourth-order valence-electron chi connectivity index (χ4n) is 2.27. The summed E-state index contributed by atoms with van der Waals surface area (Å²) in [6, 6.07) is 0.891. The molecule has 4 heteroatoms. The van der Waals surface area contributed by atoms with E-state index in [4.69, 9.17) is 5.11 Å². The van der Waals surface area contributed by atoms with Gasteiger partial charge in [-0.05, 0) is 25.7 Å². The Morgan fingerprint density at radius 2 is 1.92 bits per heavy atom. The highest BCUT2D eigenvalue weighted by molar-refractivity contribution is 5.85. The lowest BCUT2D eigenvalue weighted by molar-refractivity contribution is -0.143. The number of fused-ring (bicyclic) bond motifs is 2. The van der Waals surface area contributed by atoms with Crippen molar-refractivity contribution in [2.75, 3.05) is 0 Å². The largest absolute Gasteiger partial charge is 0.481 e. The Kier molecular flexibility index (Phi) is 2.96. The van der Waals surface area contributed by atoms with E-state index in [9.17, 15) is 4.79 Å². The fourth-order valence-corrected chi connectivity index (χ4v) is 2.27. The van der Waals surface area contributed by atoms with Gasteiger partial charge < -0.3 is 10.4 Å². The molecule has 0 aliphatic carbocycles. The standard InChI is InChI=1S/C8H13NO2.ClH/c10-8(11)6-3-1-5-2-4-7(6)9-5;/h5-7,9H,1-4H2,(H,10,11);1H/t5-,6+,7-;/m0./s1. The molecule has 2 bridgehead atoms. The van der Waals surface area contributed by atoms with E-state index >= 15 is 0 Å². The van der Waals surface area contributed by atoms with Crippen LogP contribution >= 0.6 is 12.4 Å². The van der Waals surface area contributed by atoms with Gasteiger partial charge in [0.15, 0.2) is 0 Å². The molecule has 2 aliphatic heterocycles. The minimum absolute atomic E-state index is 0. The van der Waals surface area contributed by atoms with E-state index in [0.717, 1.165) is 19.3 Å². The number of carbonyl (C=O) groups is 1. The lowest BCUT2D eigenvalue weighted by Gasteiger charge is -2.26. The molecule has 0 saturated carbocycles. The molecule has 0 aromatic carbocycles. The predicted molar refractivity (Wildman–Crippen MR) is 47.6 cm³/mol. The van der Waals surface area contributed by atoms with Gasteiger partial charge in [-0.3, -0.25) is 4.79 Å². The van der Waals surface area contributed by atoms with Gasteiger partial charge in [0.05, 0.1) is 5.92 Å². The molecule has 2 saturated heterocycles. The second-order valence-corrected chi connectivity index (χ2v) is 3.57. The third-order valence-corrected chi connectivity index (χ3v) is 2.90. The van der Waals surface area contributed by atoms with Crippen LogP contribution in [0.3, 0.4) is 0 Å². The number of carboxylic acids is 1. The molecule has 2 rings (SSSR count). The second kappa shape index (κ2) is 3.62. The molecule has 2 fully saturated rings. The quantitative estimate of drug-likeness (QED) is 0.651. The van der Waals surface area contributed by atoms with Crippen LogP contribution in [0.25, 0.3) is 0 Å². The van der Waals surface area contributed by atoms with Gasteiger partial charge in [-0.2, -0.15) is 0 Å². The molecular weight excluding hydrogens is 178 g/mol. The molecule has 0 amide bonds. The van der Waals surface area contributed by atoms with E-state index in [0.29, 0.717) is 6.04 Å². The number of halogens is 1. The number of aliphatic carboxylic acids is 1. The molecule has 0 spiro atoms. The van der Waals surface area contributed by atoms with E-state index in [2.05, 4.69) is 5.32 Å². The molecule has 0 aromatic rings. The normalized spacial score (nSPS) is 38.8. The summed E-state index contributed by atoms with van der Waals surface area (Å²) >= 11 is 0. The van der Waals surface area contributed by atoms with Gasteiger partial charge in [-0.25, -0.2) is 0 Å². The molecular formula is C8H14ClNO2. The molecule has 2 aliphatic rings. The molecule has 0 radical (unpaired) electrons. The summed E-state index contributed by atoms with van der Waals surface area (Å²) < 4.78 is 0. The SMILES string of the molecule is Cl.O=C(O)[C@@H]1CC[C@H]2CC[C@@H]1N2. The number of rotatable bonds is 1. The minimum Gasteiger partial charge on any atom is -0.481 e. The number of nitrogens with one attached hydrogen (secondary N) is 1. The third-order valence-electron chi connectivity index (χ3n) is 2.90. The van der Waals surface area contributed by atoms with Crippen LogP contribution in [0.15, 0.2) is 0 Å². The van der Waals surface area contributed by atoms with Crippen molar-refractivity contribution < 1.29 is 9.90 Å². The number of piperidine rings is 1. The van der Waals surface area contributed by atoms with Crippen LogP contribution in [-0.2, 0) is 4.79 Å². The maximum absolute atomic E-state index is 10.7. The van der Waals surface area contributed by atoms with E-state index in [1.54, 1.807) is 0 Å². The van der Waals surface area contributed by atoms with Crippen LogP contribution in [-0.4, -0.2) is 23.2 Å². The van der Waals surface area contributed by atoms with Crippen LogP contribution in [0.2, 0.25) is 0 Å². The van der Waals surface area contributed by atoms with E-state index in [1.807, 2.05) is 0 Å². The third kappa shape index (κ3) is 1.57. The van der Waals surface area contributed by atoms with Gasteiger partial charge >= 0.3 is 5.97 Å². The molecule has 0 unspecified atom stereocenters. The average molecular weight is 192 g/mol. The summed E-state index contributed by atoms with van der Waals surface area (Å²) in [5.41, 5.74) is 0. The van der Waals surface area contributed by atoms with E-state index in [-0.39, 0.29) is 24.4 Å². The van der Waals surface area contributed by atoms with Gasteiger partial charge in [-0.1, -0.05) is 0 Å². The van der Waals surface area contributed by atoms with Gasteiger partial charge in [0.25, 0.3) is 0 Å². The van der Waals surface area contributed by atoms with Crippen molar-refractivity contribution >= 4 is 18.4 Å². The van der Waals surface area contributed by atoms with Gasteiger partial charge in [0, 0.05) is 12.1 Å². The highest BCUT2D eigenvalue weighted by Gasteiger charge is 2.38. The molecule has 3 nitrogen and oxygen atoms in total. The van der Waals surface area contributed by atoms with E-state index < -0.39 is 5.97 Å². The Balaban J connectivity index is 0.000000720. The number of carboxylic acid groups (broad SMARTS) is 1. The van der Waals surface area contributed by atoms with E-state index in [1.165, 1.54) is 6.42 Å². The average Bonchev–Trinajstić information content (AvgIpc) is 2.32. The maximum atomic E-state index is 10.7. The van der Waals surface area contributed by atoms with Crippen molar-refractivity contribution in [1.82, 2.24) is 5.32 Å². The highest BCUT2D eigenvalue weighted by Crippen LogP contribution is 2.31. The summed E-state index contributed by atoms with van der Waals surface area (Å²) in [4.78, 5) is 10.7. The van der Waals surface area contributed by atoms with Gasteiger partial charge in [0.1, 0.15) is 0 Å². The summed E-state index contributed by atoms with van der Waals surface area (Å²) in [6.07, 6.45) is 4.15. The summed E-state index contributed by atoms with van der Waals surface area (Å²) in [7, 11) is 0. The molecule has 0 aromatic heterocycles. The van der Waals surface area contributed by atoms with Gasteiger partial charge in [-0.15, -0.1) is 12.4 Å². The van der Waals surface area contributed by atoms with Crippen LogP contribution < -0.4 is 5.32 Å². The second-order valence-electron chi connectivity index (χ2n) is 3.57. The van der Waals surface area contributed by atoms with Crippen molar-refractivity contribution in [3.05, 3.63) is 0 Å². The number of hydrogen-bond donors (Lipinski definition) is 2. The Morgan fingerprint density at radius 3 is 2.58 bits per heavy atom. The summed E-state index contributed by atoms with van der Waals surface area (Å²) in [5, 5.41) is 12.2. The zero-order chi connectivity index (χ0) is 7.84.